The highest BCUT2D eigenvalue weighted by molar-refractivity contribution is 5.56. The number of aliphatic hydroxyl groups is 1. The molecule has 0 unspecified atom stereocenters. The van der Waals surface area contributed by atoms with Gasteiger partial charge >= 0.3 is 0 Å². The maximum atomic E-state index is 14.4. The molecule has 0 amide bonds. The van der Waals surface area contributed by atoms with E-state index < -0.39 is 11.4 Å². The largest absolute Gasteiger partial charge is 0.491 e. The van der Waals surface area contributed by atoms with Crippen LogP contribution in [0.25, 0.3) is 11.4 Å². The van der Waals surface area contributed by atoms with Crippen LogP contribution in [0, 0.1) is 17.7 Å². The summed E-state index contributed by atoms with van der Waals surface area (Å²) in [5, 5.41) is 9.64. The quantitative estimate of drug-likeness (QED) is 0.367. The van der Waals surface area contributed by atoms with Crippen LogP contribution in [0.3, 0.4) is 0 Å². The normalized spacial score (nSPS) is 11.1. The minimum Gasteiger partial charge on any atom is -0.491 e. The molecule has 1 aromatic carbocycles. The highest BCUT2D eigenvalue weighted by Crippen LogP contribution is 2.23. The van der Waals surface area contributed by atoms with Gasteiger partial charge in [-0.2, -0.15) is 0 Å². The zero-order valence-electron chi connectivity index (χ0n) is 18.4. The molecule has 0 aliphatic heterocycles. The number of ether oxygens (including phenoxy) is 1. The molecule has 162 valence electrons. The number of benzene rings is 1. The highest BCUT2D eigenvalue weighted by atomic mass is 19.1. The lowest BCUT2D eigenvalue weighted by Gasteiger charge is -2.09. The number of halogens is 1. The maximum absolute atomic E-state index is 14.4. The minimum absolute atomic E-state index is 0.259. The number of rotatable bonds is 11. The van der Waals surface area contributed by atoms with Crippen molar-refractivity contribution in [2.75, 3.05) is 6.61 Å². The molecule has 0 radical (unpaired) electrons. The summed E-state index contributed by atoms with van der Waals surface area (Å²) in [6.45, 7) is 5.96. The Morgan fingerprint density at radius 2 is 1.63 bits per heavy atom. The van der Waals surface area contributed by atoms with Gasteiger partial charge in [-0.05, 0) is 38.5 Å². The van der Waals surface area contributed by atoms with E-state index in [1.807, 2.05) is 0 Å². The molecule has 1 N–H and O–H groups in total. The van der Waals surface area contributed by atoms with Crippen molar-refractivity contribution in [2.24, 2.45) is 0 Å². The number of hydrogen-bond donors (Lipinski definition) is 1. The van der Waals surface area contributed by atoms with Crippen molar-refractivity contribution in [1.82, 2.24) is 9.97 Å². The molecular formula is C25H33FN2O2. The predicted molar refractivity (Wildman–Crippen MR) is 119 cm³/mol. The van der Waals surface area contributed by atoms with Gasteiger partial charge in [-0.25, -0.2) is 14.4 Å². The Labute approximate surface area is 179 Å². The first kappa shape index (κ1) is 23.8. The smallest absolute Gasteiger partial charge is 0.165 e. The number of hydrogen-bond acceptors (Lipinski definition) is 4. The number of aromatic nitrogens is 2. The lowest BCUT2D eigenvalue weighted by Crippen LogP contribution is -2.14. The van der Waals surface area contributed by atoms with Crippen molar-refractivity contribution >= 4 is 0 Å². The maximum Gasteiger partial charge on any atom is 0.165 e. The van der Waals surface area contributed by atoms with E-state index in [-0.39, 0.29) is 5.75 Å². The van der Waals surface area contributed by atoms with Crippen molar-refractivity contribution < 1.29 is 14.2 Å². The summed E-state index contributed by atoms with van der Waals surface area (Å²) in [5.74, 6) is 5.78. The van der Waals surface area contributed by atoms with Crippen LogP contribution in [0.1, 0.15) is 77.7 Å². The molecule has 1 heterocycles. The van der Waals surface area contributed by atoms with Gasteiger partial charge in [-0.3, -0.25) is 0 Å². The van der Waals surface area contributed by atoms with Crippen LogP contribution in [0.5, 0.6) is 5.75 Å². The highest BCUT2D eigenvalue weighted by Gasteiger charge is 2.09. The van der Waals surface area contributed by atoms with E-state index >= 15 is 0 Å². The molecule has 0 bridgehead atoms. The van der Waals surface area contributed by atoms with E-state index in [0.717, 1.165) is 12.8 Å². The van der Waals surface area contributed by atoms with E-state index in [9.17, 15) is 9.50 Å². The second-order valence-corrected chi connectivity index (χ2v) is 8.07. The van der Waals surface area contributed by atoms with Crippen LogP contribution < -0.4 is 4.74 Å². The van der Waals surface area contributed by atoms with Gasteiger partial charge in [0.05, 0.1) is 12.2 Å². The van der Waals surface area contributed by atoms with Gasteiger partial charge in [-0.15, -0.1) is 0 Å². The molecule has 4 nitrogen and oxygen atoms in total. The van der Waals surface area contributed by atoms with Gasteiger partial charge in [0.25, 0.3) is 0 Å². The Bertz CT molecular complexity index is 833. The average molecular weight is 413 g/mol. The molecule has 2 rings (SSSR count). The van der Waals surface area contributed by atoms with E-state index in [4.69, 9.17) is 4.74 Å². The molecule has 0 saturated carbocycles. The zero-order valence-corrected chi connectivity index (χ0v) is 18.4. The Kier molecular flexibility index (Phi) is 9.76. The molecule has 0 spiro atoms. The Morgan fingerprint density at radius 3 is 2.23 bits per heavy atom. The summed E-state index contributed by atoms with van der Waals surface area (Å²) in [6.07, 6.45) is 12.9. The molecule has 0 aliphatic rings. The van der Waals surface area contributed by atoms with Crippen LogP contribution in [-0.4, -0.2) is 27.3 Å². The molecule has 5 heteroatoms. The molecule has 1 aromatic heterocycles. The van der Waals surface area contributed by atoms with Crippen LogP contribution in [0.15, 0.2) is 30.6 Å². The third-order valence-electron chi connectivity index (χ3n) is 4.61. The molecule has 0 aliphatic carbocycles. The Morgan fingerprint density at radius 1 is 1.00 bits per heavy atom. The van der Waals surface area contributed by atoms with Crippen molar-refractivity contribution in [3.63, 3.8) is 0 Å². The van der Waals surface area contributed by atoms with E-state index in [1.54, 1.807) is 38.4 Å². The third kappa shape index (κ3) is 8.92. The first-order chi connectivity index (χ1) is 14.4. The standard InChI is InChI=1S/C25H33FN2O2/c1-4-5-6-7-8-9-10-11-16-30-23-13-12-21(17-22(23)26)24-27-18-20(19-28-24)14-15-25(2,3)29/h12-13,17-19,29H,4-11,16H2,1-3H3. The molecule has 2 aromatic rings. The van der Waals surface area contributed by atoms with Crippen LogP contribution >= 0.6 is 0 Å². The molecular weight excluding hydrogens is 379 g/mol. The van der Waals surface area contributed by atoms with Crippen LogP contribution in [0.4, 0.5) is 4.39 Å². The van der Waals surface area contributed by atoms with Gasteiger partial charge in [0.15, 0.2) is 17.4 Å². The number of nitrogens with zero attached hydrogens (tertiary/aromatic N) is 2. The van der Waals surface area contributed by atoms with Crippen molar-refractivity contribution in [1.29, 1.82) is 0 Å². The average Bonchev–Trinajstić information content (AvgIpc) is 2.72. The minimum atomic E-state index is -1.08. The van der Waals surface area contributed by atoms with Gasteiger partial charge in [0.1, 0.15) is 5.60 Å². The molecule has 0 fully saturated rings. The second-order valence-electron chi connectivity index (χ2n) is 8.07. The summed E-state index contributed by atoms with van der Waals surface area (Å²) >= 11 is 0. The van der Waals surface area contributed by atoms with Gasteiger partial charge in [0, 0.05) is 18.0 Å². The van der Waals surface area contributed by atoms with Crippen molar-refractivity contribution in [2.45, 2.75) is 77.7 Å². The summed E-state index contributed by atoms with van der Waals surface area (Å²) in [7, 11) is 0. The summed E-state index contributed by atoms with van der Waals surface area (Å²) in [5.41, 5.74) is 0.0901. The fourth-order valence-electron chi connectivity index (χ4n) is 2.94. The third-order valence-corrected chi connectivity index (χ3v) is 4.61. The first-order valence-corrected chi connectivity index (χ1v) is 10.9. The van der Waals surface area contributed by atoms with E-state index in [2.05, 4.69) is 28.7 Å². The second kappa shape index (κ2) is 12.3. The molecule has 0 saturated heterocycles. The molecule has 30 heavy (non-hydrogen) atoms. The monoisotopic (exact) mass is 412 g/mol. The lowest BCUT2D eigenvalue weighted by atomic mass is 10.1. The van der Waals surface area contributed by atoms with Crippen LogP contribution in [0.2, 0.25) is 0 Å². The zero-order chi connectivity index (χ0) is 21.8. The Balaban J connectivity index is 1.81. The molecule has 0 atom stereocenters. The van der Waals surface area contributed by atoms with Gasteiger partial charge in [-0.1, -0.05) is 63.7 Å². The summed E-state index contributed by atoms with van der Waals surface area (Å²) < 4.78 is 20.0. The van der Waals surface area contributed by atoms with Crippen LogP contribution in [-0.2, 0) is 0 Å². The Hall–Kier alpha value is -2.45. The SMILES string of the molecule is CCCCCCCCCCOc1ccc(-c2ncc(C#CC(C)(C)O)cn2)cc1F. The van der Waals surface area contributed by atoms with E-state index in [0.29, 0.717) is 23.6 Å². The summed E-state index contributed by atoms with van der Waals surface area (Å²) in [6, 6.07) is 4.77. The van der Waals surface area contributed by atoms with Gasteiger partial charge < -0.3 is 9.84 Å². The fourth-order valence-corrected chi connectivity index (χ4v) is 2.94. The summed E-state index contributed by atoms with van der Waals surface area (Å²) in [4.78, 5) is 8.48. The van der Waals surface area contributed by atoms with E-state index in [1.165, 1.54) is 44.6 Å². The first-order valence-electron chi connectivity index (χ1n) is 10.9. The number of unbranched alkanes of at least 4 members (excludes halogenated alkanes) is 7. The lowest BCUT2D eigenvalue weighted by molar-refractivity contribution is 0.143. The predicted octanol–water partition coefficient (Wildman–Crippen LogP) is 5.92. The van der Waals surface area contributed by atoms with Crippen molar-refractivity contribution in [3.05, 3.63) is 42.0 Å². The fraction of sp³-hybridized carbons (Fsp3) is 0.520. The van der Waals surface area contributed by atoms with Gasteiger partial charge in [0.2, 0.25) is 0 Å². The topological polar surface area (TPSA) is 55.2 Å². The van der Waals surface area contributed by atoms with Crippen molar-refractivity contribution in [3.8, 4) is 29.0 Å².